The molecule has 2 aromatic heterocycles. The number of rotatable bonds is 6. The maximum atomic E-state index is 12.6. The fourth-order valence-corrected chi connectivity index (χ4v) is 4.30. The highest BCUT2D eigenvalue weighted by Gasteiger charge is 2.27. The second kappa shape index (κ2) is 7.95. The van der Waals surface area contributed by atoms with Gasteiger partial charge in [0.05, 0.1) is 16.7 Å². The smallest absolute Gasteiger partial charge is 0.307 e. The van der Waals surface area contributed by atoms with Gasteiger partial charge in [-0.05, 0) is 11.6 Å². The molecule has 4 rings (SSSR count). The third-order valence-electron chi connectivity index (χ3n) is 4.03. The summed E-state index contributed by atoms with van der Waals surface area (Å²) < 4.78 is 6.71. The molecule has 0 spiro atoms. The van der Waals surface area contributed by atoms with Gasteiger partial charge >= 0.3 is 5.69 Å². The van der Waals surface area contributed by atoms with E-state index in [9.17, 15) is 9.90 Å². The van der Waals surface area contributed by atoms with E-state index in [0.717, 1.165) is 15.6 Å². The lowest BCUT2D eigenvalue weighted by Gasteiger charge is -1.98. The average Bonchev–Trinajstić information content (AvgIpc) is 3.34. The number of thiazole rings is 1. The van der Waals surface area contributed by atoms with E-state index in [4.69, 9.17) is 4.52 Å². The van der Waals surface area contributed by atoms with Crippen molar-refractivity contribution in [1.29, 1.82) is 0 Å². The van der Waals surface area contributed by atoms with E-state index in [1.54, 1.807) is 24.3 Å². The largest absolute Gasteiger partial charge is 0.539 e. The van der Waals surface area contributed by atoms with Gasteiger partial charge in [0.2, 0.25) is 11.5 Å². The van der Waals surface area contributed by atoms with E-state index < -0.39 is 5.95 Å². The van der Waals surface area contributed by atoms with Crippen molar-refractivity contribution >= 4 is 28.9 Å². The summed E-state index contributed by atoms with van der Waals surface area (Å²) in [4.78, 5) is 17.2. The Balaban J connectivity index is 1.49. The zero-order valence-electron chi connectivity index (χ0n) is 14.9. The normalized spacial score (nSPS) is 10.9. The van der Waals surface area contributed by atoms with Crippen molar-refractivity contribution < 1.29 is 19.1 Å². The van der Waals surface area contributed by atoms with Crippen LogP contribution in [0.2, 0.25) is 0 Å². The molecule has 2 aromatic carbocycles. The van der Waals surface area contributed by atoms with Crippen LogP contribution in [-0.4, -0.2) is 21.8 Å². The molecule has 0 aliphatic rings. The second-order valence-corrected chi connectivity index (χ2v) is 8.11. The summed E-state index contributed by atoms with van der Waals surface area (Å²) in [6, 6.07) is 17.1. The number of thioether (sulfide) groups is 1. The van der Waals surface area contributed by atoms with Crippen LogP contribution in [0.25, 0.3) is 16.9 Å². The zero-order chi connectivity index (χ0) is 19.5. The van der Waals surface area contributed by atoms with Crippen LogP contribution < -0.4 is 9.79 Å². The first-order valence-electron chi connectivity index (χ1n) is 8.45. The Morgan fingerprint density at radius 1 is 1.18 bits per heavy atom. The molecule has 0 saturated heterocycles. The minimum atomic E-state index is -0.742. The molecule has 0 fully saturated rings. The van der Waals surface area contributed by atoms with Crippen LogP contribution in [-0.2, 0) is 0 Å². The first kappa shape index (κ1) is 18.4. The summed E-state index contributed by atoms with van der Waals surface area (Å²) in [5.74, 6) is -1.02. The molecule has 0 saturated carbocycles. The predicted octanol–water partition coefficient (Wildman–Crippen LogP) is 3.43. The van der Waals surface area contributed by atoms with Gasteiger partial charge in [0, 0.05) is 23.1 Å². The standard InChI is InChI=1S/C20H15N3O3S2/c1-13-7-9-14(10-8-13)16-11-27-20(21-16)28-12-17(24)18-19(25)26-22-23(18)15-5-3-2-4-6-15/h2-11H,12H2,1H3. The summed E-state index contributed by atoms with van der Waals surface area (Å²) in [7, 11) is 0. The Morgan fingerprint density at radius 2 is 1.93 bits per heavy atom. The SMILES string of the molecule is Cc1ccc(-c2csc(SCC(=O)c3c([O-])on[n+]3-c3ccccc3)n2)cc1. The number of Topliss-reactive ketones (excluding diaryl/α,β-unsaturated/α-hetero) is 1. The van der Waals surface area contributed by atoms with E-state index in [-0.39, 0.29) is 17.2 Å². The second-order valence-electron chi connectivity index (χ2n) is 6.03. The number of benzene rings is 2. The Morgan fingerprint density at radius 3 is 2.68 bits per heavy atom. The van der Waals surface area contributed by atoms with Crippen LogP contribution in [0.3, 0.4) is 0 Å². The van der Waals surface area contributed by atoms with Gasteiger partial charge in [-0.2, -0.15) is 0 Å². The number of hydrogen-bond acceptors (Lipinski definition) is 7. The van der Waals surface area contributed by atoms with Crippen LogP contribution in [0.1, 0.15) is 16.1 Å². The molecule has 4 aromatic rings. The molecular formula is C20H15N3O3S2. The number of nitrogens with zero attached hydrogens (tertiary/aromatic N) is 3. The minimum Gasteiger partial charge on any atom is -0.539 e. The summed E-state index contributed by atoms with van der Waals surface area (Å²) in [5.41, 5.74) is 3.59. The number of carbonyl (C=O) groups excluding carboxylic acids is 1. The number of hydrogen-bond donors (Lipinski definition) is 0. The van der Waals surface area contributed by atoms with E-state index in [2.05, 4.69) is 10.3 Å². The van der Waals surface area contributed by atoms with Gasteiger partial charge in [0.15, 0.2) is 10.3 Å². The summed E-state index contributed by atoms with van der Waals surface area (Å²) in [6.45, 7) is 2.04. The first-order valence-corrected chi connectivity index (χ1v) is 10.3. The maximum Gasteiger partial charge on any atom is 0.307 e. The molecule has 0 N–H and O–H groups in total. The third-order valence-corrected chi connectivity index (χ3v) is 6.05. The number of para-hydroxylation sites is 1. The highest BCUT2D eigenvalue weighted by atomic mass is 32.2. The van der Waals surface area contributed by atoms with Crippen molar-refractivity contribution in [3.8, 4) is 22.9 Å². The topological polar surface area (TPSA) is 82.9 Å². The van der Waals surface area contributed by atoms with Crippen LogP contribution in [0.15, 0.2) is 68.8 Å². The highest BCUT2D eigenvalue weighted by Crippen LogP contribution is 2.29. The summed E-state index contributed by atoms with van der Waals surface area (Å²) in [5, 5.41) is 17.6. The van der Waals surface area contributed by atoms with Crippen molar-refractivity contribution in [2.45, 2.75) is 11.3 Å². The summed E-state index contributed by atoms with van der Waals surface area (Å²) in [6.07, 6.45) is 0. The van der Waals surface area contributed by atoms with Crippen molar-refractivity contribution in [3.05, 3.63) is 71.2 Å². The van der Waals surface area contributed by atoms with Gasteiger partial charge in [0.1, 0.15) is 0 Å². The lowest BCUT2D eigenvalue weighted by atomic mass is 10.1. The fourth-order valence-electron chi connectivity index (χ4n) is 2.60. The molecule has 140 valence electrons. The van der Waals surface area contributed by atoms with Gasteiger partial charge in [-0.25, -0.2) is 4.98 Å². The zero-order valence-corrected chi connectivity index (χ0v) is 16.5. The molecule has 0 aliphatic carbocycles. The number of ketones is 1. The quantitative estimate of drug-likeness (QED) is 0.276. The number of carbonyl (C=O) groups is 1. The van der Waals surface area contributed by atoms with Gasteiger partial charge in [-0.3, -0.25) is 4.79 Å². The van der Waals surface area contributed by atoms with E-state index >= 15 is 0 Å². The average molecular weight is 409 g/mol. The van der Waals surface area contributed by atoms with Crippen LogP contribution in [0.4, 0.5) is 0 Å². The predicted molar refractivity (Wildman–Crippen MR) is 105 cm³/mol. The van der Waals surface area contributed by atoms with Gasteiger partial charge in [-0.15, -0.1) is 11.3 Å². The van der Waals surface area contributed by atoms with Gasteiger partial charge in [-0.1, -0.05) is 59.8 Å². The van der Waals surface area contributed by atoms with Crippen LogP contribution in [0.5, 0.6) is 5.95 Å². The van der Waals surface area contributed by atoms with E-state index in [1.165, 1.54) is 33.3 Å². The highest BCUT2D eigenvalue weighted by molar-refractivity contribution is 8.01. The molecule has 0 aliphatic heterocycles. The summed E-state index contributed by atoms with van der Waals surface area (Å²) >= 11 is 2.76. The van der Waals surface area contributed by atoms with Crippen molar-refractivity contribution in [2.75, 3.05) is 5.75 Å². The number of aromatic nitrogens is 3. The van der Waals surface area contributed by atoms with Gasteiger partial charge < -0.3 is 9.63 Å². The Bertz CT molecular complexity index is 1110. The minimum absolute atomic E-state index is 0.0735. The Kier molecular flexibility index (Phi) is 5.23. The van der Waals surface area contributed by atoms with Crippen LogP contribution >= 0.6 is 23.1 Å². The molecule has 0 unspecified atom stereocenters. The van der Waals surface area contributed by atoms with Gasteiger partial charge in [0.25, 0.3) is 0 Å². The van der Waals surface area contributed by atoms with Crippen LogP contribution in [0, 0.1) is 6.92 Å². The monoisotopic (exact) mass is 409 g/mol. The van der Waals surface area contributed by atoms with E-state index in [0.29, 0.717) is 5.69 Å². The fraction of sp³-hybridized carbons (Fsp3) is 0.100. The third kappa shape index (κ3) is 3.83. The lowest BCUT2D eigenvalue weighted by Crippen LogP contribution is -2.39. The molecule has 8 heteroatoms. The molecule has 2 heterocycles. The number of aryl methyl sites for hydroxylation is 1. The van der Waals surface area contributed by atoms with Crippen molar-refractivity contribution in [3.63, 3.8) is 0 Å². The Labute approximate surface area is 169 Å². The molecule has 6 nitrogen and oxygen atoms in total. The van der Waals surface area contributed by atoms with Crippen molar-refractivity contribution in [2.24, 2.45) is 0 Å². The lowest BCUT2D eigenvalue weighted by molar-refractivity contribution is -0.672. The molecule has 0 atom stereocenters. The first-order chi connectivity index (χ1) is 13.6. The molecule has 0 amide bonds. The molecule has 0 radical (unpaired) electrons. The molecule has 0 bridgehead atoms. The molecule has 28 heavy (non-hydrogen) atoms. The van der Waals surface area contributed by atoms with Crippen molar-refractivity contribution in [1.82, 2.24) is 10.3 Å². The maximum absolute atomic E-state index is 12.6. The molecular weight excluding hydrogens is 394 g/mol. The van der Waals surface area contributed by atoms with E-state index in [1.807, 2.05) is 42.6 Å². The Hall–Kier alpha value is -2.97.